The molecule has 0 bridgehead atoms. The molecule has 1 saturated carbocycles. The molecule has 0 aromatic carbocycles. The number of hydrogen-bond acceptors (Lipinski definition) is 4. The van der Waals surface area contributed by atoms with E-state index in [0.29, 0.717) is 16.5 Å². The molecular weight excluding hydrogens is 230 g/mol. The van der Waals surface area contributed by atoms with Gasteiger partial charge in [-0.15, -0.1) is 11.8 Å². The van der Waals surface area contributed by atoms with Gasteiger partial charge in [-0.1, -0.05) is 19.8 Å². The normalized spacial score (nSPS) is 24.2. The van der Waals surface area contributed by atoms with Crippen molar-refractivity contribution in [1.82, 2.24) is 4.98 Å². The van der Waals surface area contributed by atoms with Crippen molar-refractivity contribution in [2.75, 3.05) is 5.73 Å². The van der Waals surface area contributed by atoms with Crippen LogP contribution in [-0.4, -0.2) is 10.2 Å². The van der Waals surface area contributed by atoms with Crippen LogP contribution in [0.3, 0.4) is 0 Å². The van der Waals surface area contributed by atoms with Crippen LogP contribution in [0.5, 0.6) is 0 Å². The number of rotatable bonds is 2. The molecule has 0 spiro atoms. The van der Waals surface area contributed by atoms with Gasteiger partial charge in [0.05, 0.1) is 11.3 Å². The van der Waals surface area contributed by atoms with E-state index in [9.17, 15) is 0 Å². The van der Waals surface area contributed by atoms with Crippen molar-refractivity contribution in [3.8, 4) is 6.07 Å². The van der Waals surface area contributed by atoms with Crippen LogP contribution in [0.1, 0.15) is 38.2 Å². The summed E-state index contributed by atoms with van der Waals surface area (Å²) in [5, 5.41) is 10.3. The van der Waals surface area contributed by atoms with E-state index in [1.807, 2.05) is 0 Å². The first-order valence-electron chi connectivity index (χ1n) is 6.02. The number of anilines is 1. The third-order valence-corrected chi connectivity index (χ3v) is 4.55. The Morgan fingerprint density at radius 1 is 1.53 bits per heavy atom. The number of nitrogen functional groups attached to an aromatic ring is 1. The quantitative estimate of drug-likeness (QED) is 0.871. The molecule has 2 rings (SSSR count). The molecule has 1 heterocycles. The first-order valence-corrected chi connectivity index (χ1v) is 6.90. The fourth-order valence-electron chi connectivity index (χ4n) is 2.29. The number of hydrogen-bond donors (Lipinski definition) is 1. The highest BCUT2D eigenvalue weighted by atomic mass is 32.2. The molecule has 90 valence electrons. The van der Waals surface area contributed by atoms with Crippen molar-refractivity contribution in [2.24, 2.45) is 5.92 Å². The third-order valence-electron chi connectivity index (χ3n) is 3.24. The first-order chi connectivity index (χ1) is 8.20. The van der Waals surface area contributed by atoms with Crippen LogP contribution in [-0.2, 0) is 0 Å². The number of nitrogens with zero attached hydrogens (tertiary/aromatic N) is 2. The molecule has 0 aliphatic heterocycles. The summed E-state index contributed by atoms with van der Waals surface area (Å²) in [4.78, 5) is 4.29. The Kier molecular flexibility index (Phi) is 3.90. The van der Waals surface area contributed by atoms with E-state index in [1.165, 1.54) is 25.7 Å². The fraction of sp³-hybridized carbons (Fsp3) is 0.538. The maximum atomic E-state index is 8.92. The summed E-state index contributed by atoms with van der Waals surface area (Å²) in [7, 11) is 0. The topological polar surface area (TPSA) is 62.7 Å². The van der Waals surface area contributed by atoms with Gasteiger partial charge in [0.1, 0.15) is 11.1 Å². The fourth-order valence-corrected chi connectivity index (χ4v) is 3.67. The summed E-state index contributed by atoms with van der Waals surface area (Å²) in [5.41, 5.74) is 7.01. The predicted octanol–water partition coefficient (Wildman–Crippen LogP) is 3.21. The average molecular weight is 247 g/mol. The van der Waals surface area contributed by atoms with E-state index in [4.69, 9.17) is 11.0 Å². The van der Waals surface area contributed by atoms with Crippen LogP contribution in [0.4, 0.5) is 5.69 Å². The lowest BCUT2D eigenvalue weighted by Crippen LogP contribution is -2.15. The van der Waals surface area contributed by atoms with Crippen LogP contribution in [0.25, 0.3) is 0 Å². The van der Waals surface area contributed by atoms with E-state index in [1.54, 1.807) is 24.0 Å². The summed E-state index contributed by atoms with van der Waals surface area (Å²) in [6, 6.07) is 3.77. The van der Waals surface area contributed by atoms with Crippen LogP contribution < -0.4 is 5.73 Å². The van der Waals surface area contributed by atoms with Gasteiger partial charge in [0.15, 0.2) is 0 Å². The van der Waals surface area contributed by atoms with Crippen LogP contribution in [0.15, 0.2) is 17.3 Å². The highest BCUT2D eigenvalue weighted by Crippen LogP contribution is 2.37. The van der Waals surface area contributed by atoms with E-state index >= 15 is 0 Å². The van der Waals surface area contributed by atoms with Crippen LogP contribution in [0.2, 0.25) is 0 Å². The third kappa shape index (κ3) is 2.92. The Bertz CT molecular complexity index is 439. The zero-order chi connectivity index (χ0) is 12.3. The summed E-state index contributed by atoms with van der Waals surface area (Å²) >= 11 is 1.74. The second-order valence-electron chi connectivity index (χ2n) is 4.70. The Morgan fingerprint density at radius 3 is 3.06 bits per heavy atom. The number of thioether (sulfide) groups is 1. The Balaban J connectivity index is 2.11. The number of aromatic nitrogens is 1. The summed E-state index contributed by atoms with van der Waals surface area (Å²) in [6.45, 7) is 2.30. The molecule has 2 atom stereocenters. The second-order valence-corrected chi connectivity index (χ2v) is 5.99. The molecule has 1 aliphatic carbocycles. The monoisotopic (exact) mass is 247 g/mol. The van der Waals surface area contributed by atoms with Crippen LogP contribution in [0, 0.1) is 17.2 Å². The highest BCUT2D eigenvalue weighted by Gasteiger charge is 2.21. The standard InChI is InChI=1S/C13H17N3S/c1-9-3-2-4-11(7-9)17-13-12(15)10(8-14)5-6-16-13/h5-6,9,11H,2-4,7,15H2,1H3. The molecule has 0 saturated heterocycles. The summed E-state index contributed by atoms with van der Waals surface area (Å²) in [5.74, 6) is 0.793. The van der Waals surface area contributed by atoms with Crippen molar-refractivity contribution >= 4 is 17.4 Å². The maximum Gasteiger partial charge on any atom is 0.121 e. The molecule has 3 nitrogen and oxygen atoms in total. The minimum Gasteiger partial charge on any atom is -0.395 e. The van der Waals surface area contributed by atoms with Crippen molar-refractivity contribution in [2.45, 2.75) is 42.9 Å². The predicted molar refractivity (Wildman–Crippen MR) is 70.6 cm³/mol. The van der Waals surface area contributed by atoms with Gasteiger partial charge in [-0.2, -0.15) is 5.26 Å². The molecule has 4 heteroatoms. The lowest BCUT2D eigenvalue weighted by molar-refractivity contribution is 0.394. The number of nitriles is 1. The molecule has 1 aliphatic rings. The van der Waals surface area contributed by atoms with E-state index in [-0.39, 0.29) is 0 Å². The zero-order valence-electron chi connectivity index (χ0n) is 10.0. The lowest BCUT2D eigenvalue weighted by Gasteiger charge is -2.26. The highest BCUT2D eigenvalue weighted by molar-refractivity contribution is 8.00. The van der Waals surface area contributed by atoms with Crippen molar-refractivity contribution in [3.63, 3.8) is 0 Å². The molecule has 2 N–H and O–H groups in total. The van der Waals surface area contributed by atoms with Crippen LogP contribution >= 0.6 is 11.8 Å². The SMILES string of the molecule is CC1CCCC(Sc2nccc(C#N)c2N)C1. The Morgan fingerprint density at radius 2 is 2.35 bits per heavy atom. The minimum absolute atomic E-state index is 0.534. The van der Waals surface area contributed by atoms with E-state index < -0.39 is 0 Å². The smallest absolute Gasteiger partial charge is 0.121 e. The average Bonchev–Trinajstić information content (AvgIpc) is 2.32. The number of nitrogens with two attached hydrogens (primary N) is 1. The molecule has 0 radical (unpaired) electrons. The first kappa shape index (κ1) is 12.3. The Hall–Kier alpha value is -1.21. The minimum atomic E-state index is 0.534. The maximum absolute atomic E-state index is 8.92. The summed E-state index contributed by atoms with van der Waals surface area (Å²) in [6.07, 6.45) is 6.74. The molecule has 0 amide bonds. The summed E-state index contributed by atoms with van der Waals surface area (Å²) < 4.78 is 0. The van der Waals surface area contributed by atoms with Gasteiger partial charge in [0.2, 0.25) is 0 Å². The molecule has 1 fully saturated rings. The number of pyridine rings is 1. The molecule has 1 aromatic heterocycles. The van der Waals surface area contributed by atoms with Gasteiger partial charge in [-0.25, -0.2) is 4.98 Å². The van der Waals surface area contributed by atoms with Crippen molar-refractivity contribution in [1.29, 1.82) is 5.26 Å². The molecule has 2 unspecified atom stereocenters. The largest absolute Gasteiger partial charge is 0.395 e. The van der Waals surface area contributed by atoms with E-state index in [2.05, 4.69) is 18.0 Å². The molecular formula is C13H17N3S. The van der Waals surface area contributed by atoms with Gasteiger partial charge in [0, 0.05) is 11.4 Å². The van der Waals surface area contributed by atoms with Crippen molar-refractivity contribution < 1.29 is 0 Å². The van der Waals surface area contributed by atoms with Gasteiger partial charge in [0.25, 0.3) is 0 Å². The van der Waals surface area contributed by atoms with Gasteiger partial charge < -0.3 is 5.73 Å². The molecule has 1 aromatic rings. The van der Waals surface area contributed by atoms with Gasteiger partial charge in [-0.3, -0.25) is 0 Å². The van der Waals surface area contributed by atoms with Gasteiger partial charge >= 0.3 is 0 Å². The van der Waals surface area contributed by atoms with Crippen molar-refractivity contribution in [3.05, 3.63) is 17.8 Å². The molecule has 17 heavy (non-hydrogen) atoms. The second kappa shape index (κ2) is 5.42. The Labute approximate surface area is 106 Å². The lowest BCUT2D eigenvalue weighted by atomic mass is 9.91. The zero-order valence-corrected chi connectivity index (χ0v) is 10.8. The van der Waals surface area contributed by atoms with Gasteiger partial charge in [-0.05, 0) is 24.8 Å². The van der Waals surface area contributed by atoms with E-state index in [0.717, 1.165) is 10.9 Å².